The van der Waals surface area contributed by atoms with Gasteiger partial charge in [-0.05, 0) is 40.8 Å². The van der Waals surface area contributed by atoms with E-state index in [4.69, 9.17) is 16.7 Å². The number of amides is 3. The van der Waals surface area contributed by atoms with Crippen LogP contribution in [0.1, 0.15) is 37.0 Å². The van der Waals surface area contributed by atoms with E-state index in [1.165, 1.54) is 4.90 Å². The van der Waals surface area contributed by atoms with Gasteiger partial charge in [-0.1, -0.05) is 43.6 Å². The standard InChI is InChI=1S/C25H26ClN3O5/c1-25(2,13-22(31)32)12-21(30)28-9-10-29-20(14-28)23(33)27-19-8-5-16(11-18(19)24(29)34)15-3-6-17(26)7-4-15/h3-8,11,20H,9-10,12-14H2,1-2H3,(H,27,33)(H,31,32)/t20-/m1/s1. The Labute approximate surface area is 202 Å². The Balaban J connectivity index is 1.54. The highest BCUT2D eigenvalue weighted by molar-refractivity contribution is 6.30. The van der Waals surface area contributed by atoms with E-state index >= 15 is 0 Å². The van der Waals surface area contributed by atoms with E-state index in [2.05, 4.69) is 5.32 Å². The molecule has 9 heteroatoms. The third-order valence-electron chi connectivity index (χ3n) is 6.24. The predicted molar refractivity (Wildman–Crippen MR) is 128 cm³/mol. The predicted octanol–water partition coefficient (Wildman–Crippen LogP) is 3.50. The molecule has 1 atom stereocenters. The number of halogens is 1. The molecule has 34 heavy (non-hydrogen) atoms. The van der Waals surface area contributed by atoms with Crippen LogP contribution in [0.4, 0.5) is 5.69 Å². The second-order valence-corrected chi connectivity index (χ2v) is 9.96. The number of fused-ring (bicyclic) bond motifs is 2. The number of piperazine rings is 1. The van der Waals surface area contributed by atoms with Crippen LogP contribution in [-0.2, 0) is 14.4 Å². The van der Waals surface area contributed by atoms with Crippen LogP contribution in [0.2, 0.25) is 5.02 Å². The molecule has 2 aromatic carbocycles. The first-order chi connectivity index (χ1) is 16.0. The van der Waals surface area contributed by atoms with Crippen molar-refractivity contribution in [1.29, 1.82) is 0 Å². The number of hydrogen-bond donors (Lipinski definition) is 2. The smallest absolute Gasteiger partial charge is 0.303 e. The Hall–Kier alpha value is -3.39. The number of hydrogen-bond acceptors (Lipinski definition) is 4. The summed E-state index contributed by atoms with van der Waals surface area (Å²) in [5, 5.41) is 12.5. The number of carbonyl (C=O) groups is 4. The fourth-order valence-corrected chi connectivity index (χ4v) is 4.62. The zero-order valence-electron chi connectivity index (χ0n) is 19.0. The number of nitrogens with zero attached hydrogens (tertiary/aromatic N) is 2. The molecule has 3 amide bonds. The van der Waals surface area contributed by atoms with Crippen LogP contribution in [-0.4, -0.2) is 64.3 Å². The van der Waals surface area contributed by atoms with Gasteiger partial charge in [0.25, 0.3) is 5.91 Å². The first-order valence-electron chi connectivity index (χ1n) is 11.1. The number of carboxylic acid groups (broad SMARTS) is 1. The minimum Gasteiger partial charge on any atom is -0.481 e. The Morgan fingerprint density at radius 3 is 2.41 bits per heavy atom. The molecule has 1 saturated heterocycles. The quantitative estimate of drug-likeness (QED) is 0.676. The molecule has 4 rings (SSSR count). The largest absolute Gasteiger partial charge is 0.481 e. The van der Waals surface area contributed by atoms with Crippen molar-refractivity contribution in [2.24, 2.45) is 5.41 Å². The molecule has 178 valence electrons. The van der Waals surface area contributed by atoms with Gasteiger partial charge in [-0.15, -0.1) is 0 Å². The number of rotatable bonds is 5. The second kappa shape index (κ2) is 9.10. The van der Waals surface area contributed by atoms with Crippen LogP contribution in [0.25, 0.3) is 11.1 Å². The average molecular weight is 484 g/mol. The lowest BCUT2D eigenvalue weighted by Crippen LogP contribution is -2.59. The minimum atomic E-state index is -0.966. The molecule has 0 unspecified atom stereocenters. The van der Waals surface area contributed by atoms with Gasteiger partial charge in [0.05, 0.1) is 24.2 Å². The van der Waals surface area contributed by atoms with E-state index in [0.29, 0.717) is 16.3 Å². The van der Waals surface area contributed by atoms with Crippen LogP contribution in [0.3, 0.4) is 0 Å². The summed E-state index contributed by atoms with van der Waals surface area (Å²) in [7, 11) is 0. The molecule has 8 nitrogen and oxygen atoms in total. The number of anilines is 1. The van der Waals surface area contributed by atoms with E-state index in [1.54, 1.807) is 43.0 Å². The van der Waals surface area contributed by atoms with Crippen LogP contribution in [0.5, 0.6) is 0 Å². The van der Waals surface area contributed by atoms with Crippen molar-refractivity contribution in [2.45, 2.75) is 32.7 Å². The number of nitrogens with one attached hydrogen (secondary N) is 1. The summed E-state index contributed by atoms with van der Waals surface area (Å²) in [6, 6.07) is 11.8. The van der Waals surface area contributed by atoms with Gasteiger partial charge in [-0.25, -0.2) is 0 Å². The normalized spacial score (nSPS) is 18.0. The zero-order valence-corrected chi connectivity index (χ0v) is 19.8. The Morgan fingerprint density at radius 2 is 1.74 bits per heavy atom. The molecule has 2 heterocycles. The van der Waals surface area contributed by atoms with Crippen LogP contribution >= 0.6 is 11.6 Å². The maximum absolute atomic E-state index is 13.4. The first kappa shape index (κ1) is 23.8. The van der Waals surface area contributed by atoms with Gasteiger partial charge in [0, 0.05) is 24.5 Å². The molecule has 2 N–H and O–H groups in total. The van der Waals surface area contributed by atoms with E-state index in [0.717, 1.165) is 11.1 Å². The van der Waals surface area contributed by atoms with Gasteiger partial charge in [0.15, 0.2) is 0 Å². The van der Waals surface area contributed by atoms with Crippen LogP contribution in [0, 0.1) is 5.41 Å². The van der Waals surface area contributed by atoms with Gasteiger partial charge in [-0.2, -0.15) is 0 Å². The highest BCUT2D eigenvalue weighted by Crippen LogP contribution is 2.32. The van der Waals surface area contributed by atoms with Crippen molar-refractivity contribution in [1.82, 2.24) is 9.80 Å². The molecule has 0 aromatic heterocycles. The Kier molecular flexibility index (Phi) is 6.36. The third-order valence-corrected chi connectivity index (χ3v) is 6.49. The van der Waals surface area contributed by atoms with Gasteiger partial charge in [-0.3, -0.25) is 19.2 Å². The van der Waals surface area contributed by atoms with E-state index < -0.39 is 17.4 Å². The molecule has 0 bridgehead atoms. The highest BCUT2D eigenvalue weighted by Gasteiger charge is 2.41. The van der Waals surface area contributed by atoms with E-state index in [1.807, 2.05) is 18.2 Å². The lowest BCUT2D eigenvalue weighted by atomic mass is 9.85. The van der Waals surface area contributed by atoms with Gasteiger partial charge < -0.3 is 20.2 Å². The molecule has 1 fully saturated rings. The van der Waals surface area contributed by atoms with E-state index in [-0.39, 0.29) is 50.2 Å². The summed E-state index contributed by atoms with van der Waals surface area (Å²) in [5.41, 5.74) is 1.83. The maximum atomic E-state index is 13.4. The summed E-state index contributed by atoms with van der Waals surface area (Å²) < 4.78 is 0. The summed E-state index contributed by atoms with van der Waals surface area (Å²) in [6.45, 7) is 4.02. The molecular formula is C25H26ClN3O5. The molecule has 0 radical (unpaired) electrons. The second-order valence-electron chi connectivity index (χ2n) is 9.52. The van der Waals surface area contributed by atoms with E-state index in [9.17, 15) is 19.2 Å². The monoisotopic (exact) mass is 483 g/mol. The van der Waals surface area contributed by atoms with Crippen molar-refractivity contribution in [3.8, 4) is 11.1 Å². The summed E-state index contributed by atoms with van der Waals surface area (Å²) in [5.74, 6) is -1.81. The third kappa shape index (κ3) is 4.92. The van der Waals surface area contributed by atoms with Gasteiger partial charge in [0.1, 0.15) is 6.04 Å². The van der Waals surface area contributed by atoms with Crippen LogP contribution in [0.15, 0.2) is 42.5 Å². The fourth-order valence-electron chi connectivity index (χ4n) is 4.49. The number of carbonyl (C=O) groups excluding carboxylic acids is 3. The maximum Gasteiger partial charge on any atom is 0.303 e. The van der Waals surface area contributed by atoms with Crippen molar-refractivity contribution in [3.63, 3.8) is 0 Å². The summed E-state index contributed by atoms with van der Waals surface area (Å²) in [4.78, 5) is 53.5. The first-order valence-corrected chi connectivity index (χ1v) is 11.4. The highest BCUT2D eigenvalue weighted by atomic mass is 35.5. The van der Waals surface area contributed by atoms with Crippen molar-refractivity contribution in [2.75, 3.05) is 25.0 Å². The SMILES string of the molecule is CC(C)(CC(=O)O)CC(=O)N1CCN2C(=O)c3cc(-c4ccc(Cl)cc4)ccc3NC(=O)[C@H]2C1. The lowest BCUT2D eigenvalue weighted by molar-refractivity contribution is -0.141. The lowest BCUT2D eigenvalue weighted by Gasteiger charge is -2.40. The van der Waals surface area contributed by atoms with Crippen LogP contribution < -0.4 is 5.32 Å². The number of carboxylic acids is 1. The molecule has 0 spiro atoms. The fraction of sp³-hybridized carbons (Fsp3) is 0.360. The molecule has 2 aromatic rings. The van der Waals surface area contributed by atoms with Crippen molar-refractivity contribution < 1.29 is 24.3 Å². The number of benzene rings is 2. The summed E-state index contributed by atoms with van der Waals surface area (Å²) >= 11 is 5.98. The minimum absolute atomic E-state index is 0.0479. The molecule has 2 aliphatic rings. The summed E-state index contributed by atoms with van der Waals surface area (Å²) in [6.07, 6.45) is -0.0847. The molecular weight excluding hydrogens is 458 g/mol. The van der Waals surface area contributed by atoms with Gasteiger partial charge in [0.2, 0.25) is 11.8 Å². The molecule has 2 aliphatic heterocycles. The number of aliphatic carboxylic acids is 1. The topological polar surface area (TPSA) is 107 Å². The average Bonchev–Trinajstić information content (AvgIpc) is 2.87. The zero-order chi connectivity index (χ0) is 24.6. The molecule has 0 aliphatic carbocycles. The van der Waals surface area contributed by atoms with Crippen molar-refractivity contribution in [3.05, 3.63) is 53.1 Å². The Morgan fingerprint density at radius 1 is 1.06 bits per heavy atom. The van der Waals surface area contributed by atoms with Gasteiger partial charge >= 0.3 is 5.97 Å². The molecule has 0 saturated carbocycles. The van der Waals surface area contributed by atoms with Crippen molar-refractivity contribution >= 4 is 41.0 Å². The Bertz CT molecular complexity index is 1160.